The first-order chi connectivity index (χ1) is 8.15. The molecule has 0 aliphatic rings. The van der Waals surface area contributed by atoms with Gasteiger partial charge in [-0.15, -0.1) is 0 Å². The molecule has 2 aromatic rings. The van der Waals surface area contributed by atoms with E-state index in [9.17, 15) is 4.39 Å². The zero-order chi connectivity index (χ0) is 12.3. The molecule has 0 spiro atoms. The quantitative estimate of drug-likeness (QED) is 0.853. The molecule has 0 bridgehead atoms. The zero-order valence-electron chi connectivity index (χ0n) is 9.31. The van der Waals surface area contributed by atoms with Gasteiger partial charge in [-0.1, -0.05) is 24.3 Å². The highest BCUT2D eigenvalue weighted by molar-refractivity contribution is 5.28. The van der Waals surface area contributed by atoms with Crippen molar-refractivity contribution in [2.75, 3.05) is 0 Å². The Morgan fingerprint density at radius 3 is 2.47 bits per heavy atom. The minimum absolute atomic E-state index is 0.230. The number of hydrogen-bond donors (Lipinski definition) is 2. The van der Waals surface area contributed by atoms with Gasteiger partial charge in [0.15, 0.2) is 0 Å². The first-order valence-corrected chi connectivity index (χ1v) is 5.44. The molecule has 0 amide bonds. The van der Waals surface area contributed by atoms with Crippen molar-refractivity contribution in [3.8, 4) is 5.75 Å². The molecular formula is C14H14FNO. The number of nitrogens with two attached hydrogens (primary N) is 1. The van der Waals surface area contributed by atoms with Gasteiger partial charge in [-0.2, -0.15) is 0 Å². The van der Waals surface area contributed by atoms with E-state index in [1.807, 2.05) is 18.2 Å². The monoisotopic (exact) mass is 231 g/mol. The zero-order valence-corrected chi connectivity index (χ0v) is 9.31. The van der Waals surface area contributed by atoms with Crippen LogP contribution >= 0.6 is 0 Å². The predicted octanol–water partition coefficient (Wildman–Crippen LogP) is 2.77. The Morgan fingerprint density at radius 1 is 1.12 bits per heavy atom. The summed E-state index contributed by atoms with van der Waals surface area (Å²) in [7, 11) is 0. The van der Waals surface area contributed by atoms with E-state index >= 15 is 0 Å². The van der Waals surface area contributed by atoms with E-state index in [1.54, 1.807) is 18.2 Å². The molecule has 17 heavy (non-hydrogen) atoms. The predicted molar refractivity (Wildman–Crippen MR) is 65.1 cm³/mol. The molecule has 3 heteroatoms. The lowest BCUT2D eigenvalue weighted by atomic mass is 10.00. The van der Waals surface area contributed by atoms with E-state index < -0.39 is 0 Å². The molecule has 0 aromatic heterocycles. The van der Waals surface area contributed by atoms with Gasteiger partial charge in [0, 0.05) is 6.04 Å². The first kappa shape index (κ1) is 11.6. The van der Waals surface area contributed by atoms with Crippen molar-refractivity contribution < 1.29 is 9.50 Å². The molecule has 0 saturated carbocycles. The molecule has 2 nitrogen and oxygen atoms in total. The second-order valence-corrected chi connectivity index (χ2v) is 4.03. The molecule has 0 heterocycles. The average molecular weight is 231 g/mol. The van der Waals surface area contributed by atoms with Crippen LogP contribution in [0.15, 0.2) is 48.5 Å². The summed E-state index contributed by atoms with van der Waals surface area (Å²) in [5, 5.41) is 9.16. The van der Waals surface area contributed by atoms with Crippen LogP contribution in [0.4, 0.5) is 4.39 Å². The summed E-state index contributed by atoms with van der Waals surface area (Å²) in [5.41, 5.74) is 7.79. The Morgan fingerprint density at radius 2 is 1.82 bits per heavy atom. The summed E-state index contributed by atoms with van der Waals surface area (Å²) < 4.78 is 13.0. The first-order valence-electron chi connectivity index (χ1n) is 5.44. The highest BCUT2D eigenvalue weighted by atomic mass is 19.1. The third-order valence-corrected chi connectivity index (χ3v) is 2.67. The van der Waals surface area contributed by atoms with Crippen LogP contribution in [0.3, 0.4) is 0 Å². The Bertz CT molecular complexity index is 496. The van der Waals surface area contributed by atoms with Gasteiger partial charge in [0.1, 0.15) is 11.6 Å². The maximum atomic E-state index is 13.0. The smallest absolute Gasteiger partial charge is 0.123 e. The summed E-state index contributed by atoms with van der Waals surface area (Å²) >= 11 is 0. The van der Waals surface area contributed by atoms with E-state index in [4.69, 9.17) is 10.8 Å². The molecule has 0 saturated heterocycles. The van der Waals surface area contributed by atoms with E-state index in [0.29, 0.717) is 6.42 Å². The molecule has 0 aliphatic carbocycles. The third kappa shape index (κ3) is 3.04. The fourth-order valence-electron chi connectivity index (χ4n) is 1.74. The molecule has 88 valence electrons. The highest BCUT2D eigenvalue weighted by Crippen LogP contribution is 2.18. The number of rotatable bonds is 3. The number of halogens is 1. The number of aromatic hydroxyl groups is 1. The second kappa shape index (κ2) is 4.97. The van der Waals surface area contributed by atoms with Gasteiger partial charge in [-0.25, -0.2) is 4.39 Å². The molecule has 0 aliphatic heterocycles. The molecule has 1 unspecified atom stereocenters. The van der Waals surface area contributed by atoms with Crippen LogP contribution in [-0.4, -0.2) is 5.11 Å². The van der Waals surface area contributed by atoms with Gasteiger partial charge in [0.05, 0.1) is 0 Å². The number of phenolic OH excluding ortho intramolecular Hbond substituents is 1. The van der Waals surface area contributed by atoms with Crippen molar-refractivity contribution in [3.05, 3.63) is 65.5 Å². The highest BCUT2D eigenvalue weighted by Gasteiger charge is 2.07. The van der Waals surface area contributed by atoms with E-state index in [-0.39, 0.29) is 17.6 Å². The largest absolute Gasteiger partial charge is 0.508 e. The summed E-state index contributed by atoms with van der Waals surface area (Å²) in [6, 6.07) is 12.9. The molecule has 0 fully saturated rings. The van der Waals surface area contributed by atoms with Gasteiger partial charge in [-0.3, -0.25) is 0 Å². The van der Waals surface area contributed by atoms with Crippen molar-refractivity contribution in [1.29, 1.82) is 0 Å². The fourth-order valence-corrected chi connectivity index (χ4v) is 1.74. The van der Waals surface area contributed by atoms with Crippen molar-refractivity contribution in [2.45, 2.75) is 12.5 Å². The lowest BCUT2D eigenvalue weighted by Crippen LogP contribution is -2.13. The van der Waals surface area contributed by atoms with Gasteiger partial charge in [-0.05, 0) is 41.8 Å². The van der Waals surface area contributed by atoms with Crippen molar-refractivity contribution in [1.82, 2.24) is 0 Å². The number of phenols is 1. The molecule has 2 rings (SSSR count). The van der Waals surface area contributed by atoms with Crippen LogP contribution in [0.5, 0.6) is 5.75 Å². The summed E-state index contributed by atoms with van der Waals surface area (Å²) in [6.07, 6.45) is 0.615. The standard InChI is InChI=1S/C14H14FNO/c15-12-3-1-2-11(9-12)14(16)8-10-4-6-13(17)7-5-10/h1-7,9,14,17H,8,16H2. The molecule has 3 N–H and O–H groups in total. The maximum absolute atomic E-state index is 13.0. The van der Waals surface area contributed by atoms with Gasteiger partial charge in [0.2, 0.25) is 0 Å². The van der Waals surface area contributed by atoms with E-state index in [2.05, 4.69) is 0 Å². The SMILES string of the molecule is NC(Cc1ccc(O)cc1)c1cccc(F)c1. The minimum Gasteiger partial charge on any atom is -0.508 e. The lowest BCUT2D eigenvalue weighted by molar-refractivity contribution is 0.475. The van der Waals surface area contributed by atoms with Gasteiger partial charge in [0.25, 0.3) is 0 Å². The summed E-state index contributed by atoms with van der Waals surface area (Å²) in [4.78, 5) is 0. The molecule has 1 atom stereocenters. The van der Waals surface area contributed by atoms with Crippen LogP contribution in [0.25, 0.3) is 0 Å². The van der Waals surface area contributed by atoms with Gasteiger partial charge < -0.3 is 10.8 Å². The average Bonchev–Trinajstić information content (AvgIpc) is 2.32. The normalized spacial score (nSPS) is 12.4. The van der Waals surface area contributed by atoms with E-state index in [0.717, 1.165) is 11.1 Å². The Kier molecular flexibility index (Phi) is 3.40. The Labute approximate surface area is 99.5 Å². The van der Waals surface area contributed by atoms with Crippen LogP contribution in [0.2, 0.25) is 0 Å². The third-order valence-electron chi connectivity index (χ3n) is 2.67. The van der Waals surface area contributed by atoms with Gasteiger partial charge >= 0.3 is 0 Å². The van der Waals surface area contributed by atoms with Crippen LogP contribution in [-0.2, 0) is 6.42 Å². The Balaban J connectivity index is 2.11. The number of benzene rings is 2. The Hall–Kier alpha value is -1.87. The maximum Gasteiger partial charge on any atom is 0.123 e. The van der Waals surface area contributed by atoms with Crippen LogP contribution in [0, 0.1) is 5.82 Å². The second-order valence-electron chi connectivity index (χ2n) is 4.03. The molecule has 0 radical (unpaired) electrons. The van der Waals surface area contributed by atoms with Crippen LogP contribution in [0.1, 0.15) is 17.2 Å². The van der Waals surface area contributed by atoms with Crippen molar-refractivity contribution in [2.24, 2.45) is 5.73 Å². The van der Waals surface area contributed by atoms with Crippen LogP contribution < -0.4 is 5.73 Å². The summed E-state index contributed by atoms with van der Waals surface area (Å²) in [6.45, 7) is 0. The number of hydrogen-bond acceptors (Lipinski definition) is 2. The molecule has 2 aromatic carbocycles. The topological polar surface area (TPSA) is 46.2 Å². The minimum atomic E-state index is -0.274. The molecular weight excluding hydrogens is 217 g/mol. The summed E-state index contributed by atoms with van der Waals surface area (Å²) in [5.74, 6) is -0.0447. The fraction of sp³-hybridized carbons (Fsp3) is 0.143. The lowest BCUT2D eigenvalue weighted by Gasteiger charge is -2.12. The van der Waals surface area contributed by atoms with E-state index in [1.165, 1.54) is 12.1 Å². The van der Waals surface area contributed by atoms with Crippen molar-refractivity contribution in [3.63, 3.8) is 0 Å². The van der Waals surface area contributed by atoms with Crippen molar-refractivity contribution >= 4 is 0 Å².